The normalized spacial score (nSPS) is 16.5. The maximum Gasteiger partial charge on any atom is 0.242 e. The number of benzene rings is 2. The number of carbonyl (C=O) groups is 1. The van der Waals surface area contributed by atoms with Crippen molar-refractivity contribution in [1.29, 1.82) is 0 Å². The Hall–Kier alpha value is -2.72. The van der Waals surface area contributed by atoms with Crippen LogP contribution in [0.3, 0.4) is 0 Å². The molecule has 2 aromatic carbocycles. The van der Waals surface area contributed by atoms with Crippen LogP contribution in [0.15, 0.2) is 59.7 Å². The summed E-state index contributed by atoms with van der Waals surface area (Å²) in [4.78, 5) is 17.1. The van der Waals surface area contributed by atoms with Gasteiger partial charge < -0.3 is 0 Å². The second-order valence-electron chi connectivity index (χ2n) is 7.15. The van der Waals surface area contributed by atoms with Crippen LogP contribution in [0, 0.1) is 6.92 Å². The summed E-state index contributed by atoms with van der Waals surface area (Å²) in [5.74, 6) is 0.0247. The molecule has 0 radical (unpaired) electrons. The molecule has 0 bridgehead atoms. The molecule has 142 valence electrons. The van der Waals surface area contributed by atoms with E-state index in [1.165, 1.54) is 0 Å². The first-order chi connectivity index (χ1) is 13.6. The first-order valence-corrected chi connectivity index (χ1v) is 9.94. The first kappa shape index (κ1) is 18.6. The number of aromatic nitrogens is 1. The maximum atomic E-state index is 12.5. The van der Waals surface area contributed by atoms with Gasteiger partial charge in [0.1, 0.15) is 5.15 Å². The molecular weight excluding hydrogens is 370 g/mol. The highest BCUT2D eigenvalue weighted by Gasteiger charge is 2.31. The van der Waals surface area contributed by atoms with E-state index in [1.807, 2.05) is 62.4 Å². The van der Waals surface area contributed by atoms with Crippen LogP contribution in [-0.2, 0) is 11.2 Å². The fraction of sp³-hybridized carbons (Fsp3) is 0.261. The van der Waals surface area contributed by atoms with Crippen molar-refractivity contribution in [1.82, 2.24) is 9.99 Å². The van der Waals surface area contributed by atoms with E-state index in [1.54, 1.807) is 5.01 Å². The molecule has 0 spiro atoms. The molecule has 4 rings (SSSR count). The molecule has 0 aliphatic carbocycles. The van der Waals surface area contributed by atoms with Gasteiger partial charge in [0.05, 0.1) is 17.3 Å². The molecule has 1 aliphatic heterocycles. The molecule has 28 heavy (non-hydrogen) atoms. The highest BCUT2D eigenvalue weighted by molar-refractivity contribution is 6.30. The van der Waals surface area contributed by atoms with Gasteiger partial charge in [0, 0.05) is 18.2 Å². The second kappa shape index (κ2) is 7.72. The molecule has 5 heteroatoms. The fourth-order valence-electron chi connectivity index (χ4n) is 3.71. The zero-order chi connectivity index (χ0) is 19.7. The van der Waals surface area contributed by atoms with Crippen LogP contribution < -0.4 is 0 Å². The molecule has 1 unspecified atom stereocenters. The Labute approximate surface area is 169 Å². The standard InChI is InChI=1S/C23H22ClN3O/c1-3-21(28)27-19(14-20(26-27)16-9-5-4-6-10-16)13-18-12-17-11-7-8-15(2)22(17)25-23(18)24/h4-12,19H,3,13-14H2,1-2H3. The van der Waals surface area contributed by atoms with Crippen LogP contribution in [0.25, 0.3) is 10.9 Å². The number of amides is 1. The predicted molar refractivity (Wildman–Crippen MR) is 114 cm³/mol. The lowest BCUT2D eigenvalue weighted by Crippen LogP contribution is -2.33. The van der Waals surface area contributed by atoms with Crippen LogP contribution in [0.4, 0.5) is 0 Å². The summed E-state index contributed by atoms with van der Waals surface area (Å²) < 4.78 is 0. The summed E-state index contributed by atoms with van der Waals surface area (Å²) in [5, 5.41) is 7.85. The van der Waals surface area contributed by atoms with Crippen LogP contribution in [0.2, 0.25) is 5.15 Å². The molecule has 1 aromatic heterocycles. The Balaban J connectivity index is 1.66. The van der Waals surface area contributed by atoms with Crippen molar-refractivity contribution < 1.29 is 4.79 Å². The van der Waals surface area contributed by atoms with Crippen molar-refractivity contribution in [2.24, 2.45) is 5.10 Å². The highest BCUT2D eigenvalue weighted by Crippen LogP contribution is 2.28. The molecule has 4 nitrogen and oxygen atoms in total. The number of carbonyl (C=O) groups excluding carboxylic acids is 1. The van der Waals surface area contributed by atoms with E-state index >= 15 is 0 Å². The fourth-order valence-corrected chi connectivity index (χ4v) is 3.93. The smallest absolute Gasteiger partial charge is 0.242 e. The minimum Gasteiger partial charge on any atom is -0.273 e. The molecule has 3 aromatic rings. The van der Waals surface area contributed by atoms with Crippen LogP contribution in [0.5, 0.6) is 0 Å². The van der Waals surface area contributed by atoms with Gasteiger partial charge in [-0.25, -0.2) is 9.99 Å². The van der Waals surface area contributed by atoms with Gasteiger partial charge in [-0.1, -0.05) is 67.1 Å². The number of nitrogens with zero attached hydrogens (tertiary/aromatic N) is 3. The third-order valence-electron chi connectivity index (χ3n) is 5.20. The number of rotatable bonds is 4. The van der Waals surface area contributed by atoms with Crippen molar-refractivity contribution in [2.45, 2.75) is 39.2 Å². The third-order valence-corrected chi connectivity index (χ3v) is 5.52. The van der Waals surface area contributed by atoms with Gasteiger partial charge in [-0.15, -0.1) is 0 Å². The summed E-state index contributed by atoms with van der Waals surface area (Å²) >= 11 is 6.52. The lowest BCUT2D eigenvalue weighted by molar-refractivity contribution is -0.132. The topological polar surface area (TPSA) is 45.6 Å². The SMILES string of the molecule is CCC(=O)N1N=C(c2ccccc2)CC1Cc1cc2cccc(C)c2nc1Cl. The minimum atomic E-state index is -0.0517. The van der Waals surface area contributed by atoms with E-state index < -0.39 is 0 Å². The molecule has 1 atom stereocenters. The van der Waals surface area contributed by atoms with Gasteiger partial charge >= 0.3 is 0 Å². The molecular formula is C23H22ClN3O. The van der Waals surface area contributed by atoms with Gasteiger partial charge in [0.25, 0.3) is 0 Å². The van der Waals surface area contributed by atoms with E-state index in [0.717, 1.165) is 33.3 Å². The molecule has 0 fully saturated rings. The highest BCUT2D eigenvalue weighted by atomic mass is 35.5. The van der Waals surface area contributed by atoms with E-state index in [0.29, 0.717) is 24.4 Å². The molecule has 2 heterocycles. The van der Waals surface area contributed by atoms with Crippen LogP contribution >= 0.6 is 11.6 Å². The van der Waals surface area contributed by atoms with Crippen molar-refractivity contribution in [3.63, 3.8) is 0 Å². The Morgan fingerprint density at radius 2 is 1.96 bits per heavy atom. The van der Waals surface area contributed by atoms with Gasteiger partial charge in [0.2, 0.25) is 5.91 Å². The Morgan fingerprint density at radius 3 is 2.71 bits per heavy atom. The average molecular weight is 392 g/mol. The van der Waals surface area contributed by atoms with E-state index in [9.17, 15) is 4.79 Å². The Kier molecular flexibility index (Phi) is 5.14. The second-order valence-corrected chi connectivity index (χ2v) is 7.51. The number of para-hydroxylation sites is 1. The third kappa shape index (κ3) is 3.52. The van der Waals surface area contributed by atoms with E-state index in [4.69, 9.17) is 11.6 Å². The van der Waals surface area contributed by atoms with E-state index in [2.05, 4.69) is 16.2 Å². The lowest BCUT2D eigenvalue weighted by Gasteiger charge is -2.21. The number of pyridine rings is 1. The monoisotopic (exact) mass is 391 g/mol. The van der Waals surface area contributed by atoms with Gasteiger partial charge in [-0.05, 0) is 36.1 Å². The number of halogens is 1. The summed E-state index contributed by atoms with van der Waals surface area (Å²) in [6, 6.07) is 18.2. The zero-order valence-electron chi connectivity index (χ0n) is 16.0. The predicted octanol–water partition coefficient (Wildman–Crippen LogP) is 5.15. The maximum absolute atomic E-state index is 12.5. The zero-order valence-corrected chi connectivity index (χ0v) is 16.8. The van der Waals surface area contributed by atoms with Crippen LogP contribution in [-0.4, -0.2) is 27.7 Å². The number of hydrazone groups is 1. The van der Waals surface area contributed by atoms with Gasteiger partial charge in [-0.2, -0.15) is 5.10 Å². The summed E-state index contributed by atoms with van der Waals surface area (Å²) in [6.45, 7) is 3.90. The van der Waals surface area contributed by atoms with E-state index in [-0.39, 0.29) is 11.9 Å². The lowest BCUT2D eigenvalue weighted by atomic mass is 9.98. The molecule has 0 N–H and O–H groups in total. The van der Waals surface area contributed by atoms with Crippen molar-refractivity contribution in [2.75, 3.05) is 0 Å². The van der Waals surface area contributed by atoms with Gasteiger partial charge in [0.15, 0.2) is 0 Å². The summed E-state index contributed by atoms with van der Waals surface area (Å²) in [7, 11) is 0. The summed E-state index contributed by atoms with van der Waals surface area (Å²) in [6.07, 6.45) is 1.75. The Morgan fingerprint density at radius 1 is 1.18 bits per heavy atom. The molecule has 1 amide bonds. The number of hydrogen-bond donors (Lipinski definition) is 0. The minimum absolute atomic E-state index is 0.0247. The average Bonchev–Trinajstić information content (AvgIpc) is 3.13. The number of hydrogen-bond acceptors (Lipinski definition) is 3. The largest absolute Gasteiger partial charge is 0.273 e. The molecule has 0 saturated heterocycles. The first-order valence-electron chi connectivity index (χ1n) is 9.56. The van der Waals surface area contributed by atoms with Crippen LogP contribution in [0.1, 0.15) is 36.5 Å². The molecule has 0 saturated carbocycles. The number of aryl methyl sites for hydroxylation is 1. The van der Waals surface area contributed by atoms with Crippen molar-refractivity contribution in [3.8, 4) is 0 Å². The quantitative estimate of drug-likeness (QED) is 0.577. The van der Waals surface area contributed by atoms with Gasteiger partial charge in [-0.3, -0.25) is 4.79 Å². The van der Waals surface area contributed by atoms with Crippen molar-refractivity contribution in [3.05, 3.63) is 76.4 Å². The van der Waals surface area contributed by atoms with Crippen molar-refractivity contribution >= 4 is 34.1 Å². The molecule has 1 aliphatic rings. The summed E-state index contributed by atoms with van der Waals surface area (Å²) in [5.41, 5.74) is 4.96. The number of fused-ring (bicyclic) bond motifs is 1. The Bertz CT molecular complexity index is 1060.